The molecule has 1 saturated heterocycles. The Morgan fingerprint density at radius 1 is 1.47 bits per heavy atom. The van der Waals surface area contributed by atoms with Crippen LogP contribution in [0, 0.1) is 5.82 Å². The van der Waals surface area contributed by atoms with Gasteiger partial charge in [-0.15, -0.1) is 0 Å². The van der Waals surface area contributed by atoms with Crippen molar-refractivity contribution in [2.75, 3.05) is 5.01 Å². The minimum Gasteiger partial charge on any atom is -0.273 e. The van der Waals surface area contributed by atoms with Crippen LogP contribution in [0.4, 0.5) is 10.1 Å². The maximum absolute atomic E-state index is 12.7. The number of halogens is 1. The summed E-state index contributed by atoms with van der Waals surface area (Å²) in [6.07, 6.45) is 1.41. The van der Waals surface area contributed by atoms with Gasteiger partial charge in [-0.05, 0) is 30.7 Å². The van der Waals surface area contributed by atoms with E-state index in [0.717, 1.165) is 6.42 Å². The van der Waals surface area contributed by atoms with Gasteiger partial charge in [0.2, 0.25) is 5.91 Å². The van der Waals surface area contributed by atoms with E-state index < -0.39 is 0 Å². The van der Waals surface area contributed by atoms with Crippen molar-refractivity contribution in [1.82, 2.24) is 5.43 Å². The van der Waals surface area contributed by atoms with Gasteiger partial charge in [0.05, 0.1) is 5.69 Å². The van der Waals surface area contributed by atoms with E-state index in [-0.39, 0.29) is 17.8 Å². The minimum atomic E-state index is -0.294. The highest BCUT2D eigenvalue weighted by Gasteiger charge is 2.28. The Morgan fingerprint density at radius 2 is 2.13 bits per heavy atom. The molecule has 3 nitrogen and oxygen atoms in total. The molecule has 1 N–H and O–H groups in total. The molecule has 80 valence electrons. The molecule has 1 aromatic carbocycles. The number of nitrogens with zero attached hydrogens (tertiary/aromatic N) is 1. The minimum absolute atomic E-state index is 0.0356. The highest BCUT2D eigenvalue weighted by molar-refractivity contribution is 5.94. The van der Waals surface area contributed by atoms with Crippen LogP contribution >= 0.6 is 0 Å². The molecule has 1 fully saturated rings. The Hall–Kier alpha value is -1.42. The summed E-state index contributed by atoms with van der Waals surface area (Å²) in [6.45, 7) is 2.03. The lowest BCUT2D eigenvalue weighted by Gasteiger charge is -2.17. The lowest BCUT2D eigenvalue weighted by molar-refractivity contribution is -0.117. The molecule has 0 aliphatic carbocycles. The van der Waals surface area contributed by atoms with E-state index >= 15 is 0 Å². The van der Waals surface area contributed by atoms with Crippen LogP contribution in [-0.2, 0) is 4.79 Å². The molecule has 1 amide bonds. The number of carbonyl (C=O) groups excluding carboxylic acids is 1. The predicted molar refractivity (Wildman–Crippen MR) is 55.7 cm³/mol. The van der Waals surface area contributed by atoms with Gasteiger partial charge in [0.1, 0.15) is 5.82 Å². The number of anilines is 1. The largest absolute Gasteiger partial charge is 0.273 e. The van der Waals surface area contributed by atoms with Gasteiger partial charge in [-0.1, -0.05) is 6.92 Å². The molecular formula is C11H13FN2O. The molecule has 1 aliphatic rings. The van der Waals surface area contributed by atoms with E-state index in [1.807, 2.05) is 6.92 Å². The van der Waals surface area contributed by atoms with E-state index in [2.05, 4.69) is 5.43 Å². The summed E-state index contributed by atoms with van der Waals surface area (Å²) in [5, 5.41) is 1.49. The van der Waals surface area contributed by atoms with Gasteiger partial charge in [0, 0.05) is 12.5 Å². The van der Waals surface area contributed by atoms with Crippen molar-refractivity contribution in [3.8, 4) is 0 Å². The Kier molecular flexibility index (Phi) is 2.68. The average molecular weight is 208 g/mol. The second kappa shape index (κ2) is 3.98. The molecule has 0 radical (unpaired) electrons. The number of hydrogen-bond acceptors (Lipinski definition) is 2. The second-order valence-electron chi connectivity index (χ2n) is 3.64. The molecule has 0 saturated carbocycles. The van der Waals surface area contributed by atoms with Crippen molar-refractivity contribution in [2.45, 2.75) is 25.8 Å². The van der Waals surface area contributed by atoms with Crippen LogP contribution in [0.3, 0.4) is 0 Å². The van der Waals surface area contributed by atoms with Crippen LogP contribution < -0.4 is 10.4 Å². The van der Waals surface area contributed by atoms with Crippen molar-refractivity contribution in [3.63, 3.8) is 0 Å². The van der Waals surface area contributed by atoms with Gasteiger partial charge in [-0.2, -0.15) is 0 Å². The maximum Gasteiger partial charge on any atom is 0.243 e. The number of rotatable bonds is 2. The molecule has 4 heteroatoms. The van der Waals surface area contributed by atoms with Crippen molar-refractivity contribution in [2.24, 2.45) is 0 Å². The van der Waals surface area contributed by atoms with Gasteiger partial charge in [-0.3, -0.25) is 4.79 Å². The van der Waals surface area contributed by atoms with Gasteiger partial charge < -0.3 is 0 Å². The summed E-state index contributed by atoms with van der Waals surface area (Å²) in [5.41, 5.74) is 3.78. The summed E-state index contributed by atoms with van der Waals surface area (Å²) in [5.74, 6) is -0.258. The Labute approximate surface area is 87.9 Å². The molecule has 1 unspecified atom stereocenters. The van der Waals surface area contributed by atoms with Crippen LogP contribution in [0.15, 0.2) is 24.3 Å². The standard InChI is InChI=1S/C11H13FN2O/c1-2-9-7-11(15)14(13-9)10-5-3-8(12)4-6-10/h3-6,9,13H,2,7H2,1H3. The fourth-order valence-corrected chi connectivity index (χ4v) is 1.65. The summed E-state index contributed by atoms with van der Waals surface area (Å²) in [7, 11) is 0. The Bertz CT molecular complexity index is 363. The van der Waals surface area contributed by atoms with E-state index in [9.17, 15) is 9.18 Å². The van der Waals surface area contributed by atoms with E-state index in [1.165, 1.54) is 17.1 Å². The fourth-order valence-electron chi connectivity index (χ4n) is 1.65. The van der Waals surface area contributed by atoms with E-state index in [4.69, 9.17) is 0 Å². The monoisotopic (exact) mass is 208 g/mol. The summed E-state index contributed by atoms with van der Waals surface area (Å²) >= 11 is 0. The molecule has 1 heterocycles. The summed E-state index contributed by atoms with van der Waals surface area (Å²) < 4.78 is 12.7. The van der Waals surface area contributed by atoms with Gasteiger partial charge in [-0.25, -0.2) is 14.8 Å². The van der Waals surface area contributed by atoms with Crippen molar-refractivity contribution < 1.29 is 9.18 Å². The molecule has 1 aliphatic heterocycles. The van der Waals surface area contributed by atoms with E-state index in [0.29, 0.717) is 12.1 Å². The van der Waals surface area contributed by atoms with Crippen molar-refractivity contribution >= 4 is 11.6 Å². The predicted octanol–water partition coefficient (Wildman–Crippen LogP) is 1.85. The zero-order valence-corrected chi connectivity index (χ0v) is 8.53. The third kappa shape index (κ3) is 1.99. The molecule has 0 bridgehead atoms. The van der Waals surface area contributed by atoms with Crippen LogP contribution in [0.2, 0.25) is 0 Å². The average Bonchev–Trinajstić information content (AvgIpc) is 2.61. The fraction of sp³-hybridized carbons (Fsp3) is 0.364. The van der Waals surface area contributed by atoms with Crippen molar-refractivity contribution in [3.05, 3.63) is 30.1 Å². The molecule has 1 atom stereocenters. The summed E-state index contributed by atoms with van der Waals surface area (Å²) in [6, 6.07) is 6.09. The Morgan fingerprint density at radius 3 is 2.67 bits per heavy atom. The number of hydrogen-bond donors (Lipinski definition) is 1. The Balaban J connectivity index is 2.18. The van der Waals surface area contributed by atoms with Crippen molar-refractivity contribution in [1.29, 1.82) is 0 Å². The number of nitrogens with one attached hydrogen (secondary N) is 1. The zero-order chi connectivity index (χ0) is 10.8. The molecule has 0 aromatic heterocycles. The number of hydrazine groups is 1. The van der Waals surface area contributed by atoms with Crippen LogP contribution in [-0.4, -0.2) is 11.9 Å². The molecule has 0 spiro atoms. The number of benzene rings is 1. The van der Waals surface area contributed by atoms with Crippen LogP contribution in [0.1, 0.15) is 19.8 Å². The second-order valence-corrected chi connectivity index (χ2v) is 3.64. The normalized spacial score (nSPS) is 21.1. The highest BCUT2D eigenvalue weighted by atomic mass is 19.1. The smallest absolute Gasteiger partial charge is 0.243 e. The first-order valence-corrected chi connectivity index (χ1v) is 5.05. The first-order chi connectivity index (χ1) is 7.20. The third-order valence-electron chi connectivity index (χ3n) is 2.56. The third-order valence-corrected chi connectivity index (χ3v) is 2.56. The van der Waals surface area contributed by atoms with Crippen LogP contribution in [0.5, 0.6) is 0 Å². The van der Waals surface area contributed by atoms with Gasteiger partial charge in [0.15, 0.2) is 0 Å². The maximum atomic E-state index is 12.7. The lowest BCUT2D eigenvalue weighted by Crippen LogP contribution is -2.37. The first kappa shape index (κ1) is 10.1. The van der Waals surface area contributed by atoms with Crippen LogP contribution in [0.25, 0.3) is 0 Å². The number of carbonyl (C=O) groups is 1. The lowest BCUT2D eigenvalue weighted by atomic mass is 10.2. The van der Waals surface area contributed by atoms with Gasteiger partial charge in [0.25, 0.3) is 0 Å². The zero-order valence-electron chi connectivity index (χ0n) is 8.53. The summed E-state index contributed by atoms with van der Waals surface area (Å²) in [4.78, 5) is 11.6. The van der Waals surface area contributed by atoms with Gasteiger partial charge >= 0.3 is 0 Å². The molecule has 1 aromatic rings. The SMILES string of the molecule is CCC1CC(=O)N(c2ccc(F)cc2)N1. The molecule has 15 heavy (non-hydrogen) atoms. The molecular weight excluding hydrogens is 195 g/mol. The quantitative estimate of drug-likeness (QED) is 0.804. The molecule has 2 rings (SSSR count). The first-order valence-electron chi connectivity index (χ1n) is 5.05. The highest BCUT2D eigenvalue weighted by Crippen LogP contribution is 2.20. The number of amides is 1. The topological polar surface area (TPSA) is 32.3 Å². The van der Waals surface area contributed by atoms with E-state index in [1.54, 1.807) is 12.1 Å².